The van der Waals surface area contributed by atoms with E-state index in [1.54, 1.807) is 18.0 Å². The zero-order valence-electron chi connectivity index (χ0n) is 14.0. The topological polar surface area (TPSA) is 53.1 Å². The molecule has 0 amide bonds. The summed E-state index contributed by atoms with van der Waals surface area (Å²) >= 11 is 1.60. The van der Waals surface area contributed by atoms with E-state index in [1.165, 1.54) is 0 Å². The second-order valence-corrected chi connectivity index (χ2v) is 6.53. The molecular formula is C20H17N3O2S. The zero-order valence-corrected chi connectivity index (χ0v) is 14.8. The van der Waals surface area contributed by atoms with Gasteiger partial charge < -0.3 is 9.15 Å². The van der Waals surface area contributed by atoms with Crippen molar-refractivity contribution in [2.24, 2.45) is 0 Å². The molecule has 2 heterocycles. The van der Waals surface area contributed by atoms with Crippen LogP contribution in [0.3, 0.4) is 0 Å². The van der Waals surface area contributed by atoms with E-state index in [9.17, 15) is 0 Å². The minimum absolute atomic E-state index is 0.590. The van der Waals surface area contributed by atoms with Crippen LogP contribution in [-0.4, -0.2) is 27.1 Å². The molecule has 0 spiro atoms. The van der Waals surface area contributed by atoms with Crippen LogP contribution in [0.25, 0.3) is 17.3 Å². The van der Waals surface area contributed by atoms with Gasteiger partial charge in [-0.2, -0.15) is 0 Å². The van der Waals surface area contributed by atoms with Gasteiger partial charge in [0.1, 0.15) is 5.75 Å². The lowest BCUT2D eigenvalue weighted by Crippen LogP contribution is -2.03. The summed E-state index contributed by atoms with van der Waals surface area (Å²) in [6.07, 6.45) is 1.64. The molecule has 0 radical (unpaired) electrons. The van der Waals surface area contributed by atoms with Crippen LogP contribution < -0.4 is 4.74 Å². The molecule has 2 aromatic heterocycles. The summed E-state index contributed by atoms with van der Waals surface area (Å²) in [7, 11) is 0. The van der Waals surface area contributed by atoms with Crippen molar-refractivity contribution in [2.75, 3.05) is 12.4 Å². The van der Waals surface area contributed by atoms with Crippen molar-refractivity contribution in [3.8, 4) is 23.0 Å². The SMILES string of the molecule is c1ccc(OCCSc2nnc(-c3ccco3)n2-c2ccccc2)cc1. The van der Waals surface area contributed by atoms with E-state index in [-0.39, 0.29) is 0 Å². The molecule has 0 saturated carbocycles. The Bertz CT molecular complexity index is 938. The largest absolute Gasteiger partial charge is 0.493 e. The normalized spacial score (nSPS) is 10.8. The van der Waals surface area contributed by atoms with Gasteiger partial charge in [0, 0.05) is 11.4 Å². The molecule has 0 aliphatic carbocycles. The standard InChI is InChI=1S/C20H17N3O2S/c1-3-8-16(9-4-1)23-19(18-12-7-13-25-18)21-22-20(23)26-15-14-24-17-10-5-2-6-11-17/h1-13H,14-15H2. The third kappa shape index (κ3) is 3.65. The van der Waals surface area contributed by atoms with Crippen molar-refractivity contribution >= 4 is 11.8 Å². The van der Waals surface area contributed by atoms with Crippen molar-refractivity contribution in [3.63, 3.8) is 0 Å². The summed E-state index contributed by atoms with van der Waals surface area (Å²) < 4.78 is 13.3. The number of para-hydroxylation sites is 2. The monoisotopic (exact) mass is 363 g/mol. The number of ether oxygens (including phenoxy) is 1. The van der Waals surface area contributed by atoms with Crippen molar-refractivity contribution < 1.29 is 9.15 Å². The molecule has 26 heavy (non-hydrogen) atoms. The fraction of sp³-hybridized carbons (Fsp3) is 0.100. The van der Waals surface area contributed by atoms with Crippen molar-refractivity contribution in [1.29, 1.82) is 0 Å². The highest BCUT2D eigenvalue weighted by atomic mass is 32.2. The molecule has 6 heteroatoms. The molecule has 5 nitrogen and oxygen atoms in total. The zero-order chi connectivity index (χ0) is 17.6. The van der Waals surface area contributed by atoms with E-state index in [1.807, 2.05) is 77.4 Å². The number of hydrogen-bond acceptors (Lipinski definition) is 5. The van der Waals surface area contributed by atoms with Gasteiger partial charge in [-0.25, -0.2) is 0 Å². The average molecular weight is 363 g/mol. The predicted octanol–water partition coefficient (Wildman–Crippen LogP) is 4.70. The Kier molecular flexibility index (Phi) is 5.02. The van der Waals surface area contributed by atoms with Crippen LogP contribution >= 0.6 is 11.8 Å². The average Bonchev–Trinajstić information content (AvgIpc) is 3.36. The Hall–Kier alpha value is -2.99. The molecule has 130 valence electrons. The van der Waals surface area contributed by atoms with E-state index in [2.05, 4.69) is 10.2 Å². The third-order valence-corrected chi connectivity index (χ3v) is 4.61. The Balaban J connectivity index is 1.52. The third-order valence-electron chi connectivity index (χ3n) is 3.72. The second-order valence-electron chi connectivity index (χ2n) is 5.46. The molecule has 0 fully saturated rings. The summed E-state index contributed by atoms with van der Waals surface area (Å²) in [5, 5.41) is 9.49. The first-order valence-electron chi connectivity index (χ1n) is 8.27. The Morgan fingerprint density at radius 3 is 2.38 bits per heavy atom. The van der Waals surface area contributed by atoms with Crippen LogP contribution in [0.5, 0.6) is 5.75 Å². The van der Waals surface area contributed by atoms with Crippen LogP contribution in [0.1, 0.15) is 0 Å². The number of rotatable bonds is 7. The predicted molar refractivity (Wildman–Crippen MR) is 102 cm³/mol. The summed E-state index contributed by atoms with van der Waals surface area (Å²) in [6, 6.07) is 23.6. The van der Waals surface area contributed by atoms with E-state index in [0.717, 1.165) is 22.3 Å². The first-order chi connectivity index (χ1) is 12.9. The molecule has 2 aromatic carbocycles. The van der Waals surface area contributed by atoms with Gasteiger partial charge in [-0.3, -0.25) is 4.57 Å². The van der Waals surface area contributed by atoms with Gasteiger partial charge >= 0.3 is 0 Å². The minimum atomic E-state index is 0.590. The van der Waals surface area contributed by atoms with Gasteiger partial charge in [-0.05, 0) is 36.4 Å². The molecule has 0 bridgehead atoms. The summed E-state index contributed by atoms with van der Waals surface area (Å²) in [6.45, 7) is 0.590. The quantitative estimate of drug-likeness (QED) is 0.352. The summed E-state index contributed by atoms with van der Waals surface area (Å²) in [5.74, 6) is 3.01. The van der Waals surface area contributed by atoms with E-state index < -0.39 is 0 Å². The fourth-order valence-electron chi connectivity index (χ4n) is 2.55. The van der Waals surface area contributed by atoms with E-state index >= 15 is 0 Å². The number of furan rings is 1. The highest BCUT2D eigenvalue weighted by Gasteiger charge is 2.17. The highest BCUT2D eigenvalue weighted by Crippen LogP contribution is 2.28. The van der Waals surface area contributed by atoms with Gasteiger partial charge in [-0.1, -0.05) is 48.2 Å². The van der Waals surface area contributed by atoms with Crippen molar-refractivity contribution in [1.82, 2.24) is 14.8 Å². The molecular weight excluding hydrogens is 346 g/mol. The molecule has 0 aliphatic rings. The number of aromatic nitrogens is 3. The molecule has 0 aliphatic heterocycles. The number of thioether (sulfide) groups is 1. The minimum Gasteiger partial charge on any atom is -0.493 e. The molecule has 0 unspecified atom stereocenters. The van der Waals surface area contributed by atoms with Crippen molar-refractivity contribution in [2.45, 2.75) is 5.16 Å². The van der Waals surface area contributed by atoms with Gasteiger partial charge in [0.15, 0.2) is 10.9 Å². The lowest BCUT2D eigenvalue weighted by Gasteiger charge is -2.09. The van der Waals surface area contributed by atoms with Crippen LogP contribution in [0.2, 0.25) is 0 Å². The maximum atomic E-state index is 5.76. The van der Waals surface area contributed by atoms with Gasteiger partial charge in [-0.15, -0.1) is 10.2 Å². The Morgan fingerprint density at radius 2 is 1.65 bits per heavy atom. The lowest BCUT2D eigenvalue weighted by molar-refractivity contribution is 0.344. The van der Waals surface area contributed by atoms with Crippen LogP contribution in [0.4, 0.5) is 0 Å². The van der Waals surface area contributed by atoms with Crippen LogP contribution in [0, 0.1) is 0 Å². The lowest BCUT2D eigenvalue weighted by atomic mass is 10.3. The molecule has 0 N–H and O–H groups in total. The molecule has 0 saturated heterocycles. The van der Waals surface area contributed by atoms with Crippen LogP contribution in [0.15, 0.2) is 88.6 Å². The maximum Gasteiger partial charge on any atom is 0.205 e. The first kappa shape index (κ1) is 16.5. The van der Waals surface area contributed by atoms with Gasteiger partial charge in [0.05, 0.1) is 12.9 Å². The van der Waals surface area contributed by atoms with Gasteiger partial charge in [0.2, 0.25) is 5.82 Å². The van der Waals surface area contributed by atoms with Gasteiger partial charge in [0.25, 0.3) is 0 Å². The summed E-state index contributed by atoms with van der Waals surface area (Å²) in [4.78, 5) is 0. The highest BCUT2D eigenvalue weighted by molar-refractivity contribution is 7.99. The van der Waals surface area contributed by atoms with E-state index in [0.29, 0.717) is 18.2 Å². The molecule has 4 aromatic rings. The second kappa shape index (κ2) is 7.93. The molecule has 0 atom stereocenters. The first-order valence-corrected chi connectivity index (χ1v) is 9.26. The Morgan fingerprint density at radius 1 is 0.885 bits per heavy atom. The Labute approximate surface area is 155 Å². The van der Waals surface area contributed by atoms with Crippen molar-refractivity contribution in [3.05, 3.63) is 79.1 Å². The van der Waals surface area contributed by atoms with E-state index in [4.69, 9.17) is 9.15 Å². The maximum absolute atomic E-state index is 5.76. The number of benzene rings is 2. The fourth-order valence-corrected chi connectivity index (χ4v) is 3.32. The number of nitrogens with zero attached hydrogens (tertiary/aromatic N) is 3. The number of hydrogen-bond donors (Lipinski definition) is 0. The van der Waals surface area contributed by atoms with Crippen LogP contribution in [-0.2, 0) is 0 Å². The molecule has 4 rings (SSSR count). The summed E-state index contributed by atoms with van der Waals surface area (Å²) in [5.41, 5.74) is 0.996. The smallest absolute Gasteiger partial charge is 0.205 e.